The predicted molar refractivity (Wildman–Crippen MR) is 128 cm³/mol. The minimum atomic E-state index is -3.54. The van der Waals surface area contributed by atoms with E-state index in [1.165, 1.54) is 4.31 Å². The fourth-order valence-corrected chi connectivity index (χ4v) is 5.22. The van der Waals surface area contributed by atoms with Crippen molar-refractivity contribution in [3.8, 4) is 0 Å². The average Bonchev–Trinajstić information content (AvgIpc) is 2.82. The summed E-state index contributed by atoms with van der Waals surface area (Å²) >= 11 is 0. The van der Waals surface area contributed by atoms with Crippen molar-refractivity contribution in [3.05, 3.63) is 65.2 Å². The molecule has 178 valence electrons. The number of nitrogens with zero attached hydrogens (tertiary/aromatic N) is 2. The van der Waals surface area contributed by atoms with Crippen LogP contribution in [0.3, 0.4) is 0 Å². The van der Waals surface area contributed by atoms with E-state index in [-0.39, 0.29) is 28.7 Å². The number of carbonyl (C=O) groups excluding carboxylic acids is 2. The number of piperidine rings is 1. The molecule has 2 aromatic carbocycles. The first-order chi connectivity index (χ1) is 15.6. The van der Waals surface area contributed by atoms with E-state index in [9.17, 15) is 18.0 Å². The zero-order chi connectivity index (χ0) is 24.2. The zero-order valence-electron chi connectivity index (χ0n) is 19.7. The second-order valence-corrected chi connectivity index (χ2v) is 10.9. The van der Waals surface area contributed by atoms with E-state index in [1.54, 1.807) is 48.3 Å². The zero-order valence-corrected chi connectivity index (χ0v) is 20.6. The Labute approximate surface area is 196 Å². The first-order valence-electron chi connectivity index (χ1n) is 11.3. The fraction of sp³-hybridized carbons (Fsp3) is 0.440. The van der Waals surface area contributed by atoms with Gasteiger partial charge in [0.1, 0.15) is 0 Å². The third-order valence-corrected chi connectivity index (χ3v) is 8.16. The summed E-state index contributed by atoms with van der Waals surface area (Å²) in [4.78, 5) is 27.0. The molecule has 2 amide bonds. The standard InChI is InChI=1S/C25H33N3O4S/c1-18(2)27(4)25(30)22-9-7-20(8-10-22)17-26-24(29)21-13-15-28(16-14-21)33(31,32)23-11-5-19(3)6-12-23/h5-12,18,21H,13-17H2,1-4H3,(H,26,29). The molecule has 0 spiro atoms. The highest BCUT2D eigenvalue weighted by atomic mass is 32.2. The maximum atomic E-state index is 12.8. The molecule has 1 N–H and O–H groups in total. The third-order valence-electron chi connectivity index (χ3n) is 6.25. The van der Waals surface area contributed by atoms with Gasteiger partial charge in [0.25, 0.3) is 5.91 Å². The van der Waals surface area contributed by atoms with Gasteiger partial charge in [0.2, 0.25) is 15.9 Å². The molecular weight excluding hydrogens is 438 g/mol. The van der Waals surface area contributed by atoms with Crippen LogP contribution in [0.15, 0.2) is 53.4 Å². The minimum absolute atomic E-state index is 0.0343. The van der Waals surface area contributed by atoms with Gasteiger partial charge in [-0.1, -0.05) is 29.8 Å². The first-order valence-corrected chi connectivity index (χ1v) is 12.7. The number of nitrogens with one attached hydrogen (secondary N) is 1. The number of sulfonamides is 1. The maximum absolute atomic E-state index is 12.8. The molecule has 1 saturated heterocycles. The molecule has 0 aliphatic carbocycles. The maximum Gasteiger partial charge on any atom is 0.253 e. The molecule has 2 aromatic rings. The molecule has 1 aliphatic rings. The van der Waals surface area contributed by atoms with Crippen molar-refractivity contribution in [1.29, 1.82) is 0 Å². The Morgan fingerprint density at radius 2 is 1.61 bits per heavy atom. The Morgan fingerprint density at radius 1 is 1.03 bits per heavy atom. The summed E-state index contributed by atoms with van der Waals surface area (Å²) in [6, 6.07) is 14.2. The molecule has 7 nitrogen and oxygen atoms in total. The van der Waals surface area contributed by atoms with Crippen LogP contribution in [0, 0.1) is 12.8 Å². The van der Waals surface area contributed by atoms with Crippen molar-refractivity contribution in [2.24, 2.45) is 5.92 Å². The summed E-state index contributed by atoms with van der Waals surface area (Å²) in [5.41, 5.74) is 2.53. The third kappa shape index (κ3) is 6.00. The van der Waals surface area contributed by atoms with Crippen LogP contribution in [0.5, 0.6) is 0 Å². The largest absolute Gasteiger partial charge is 0.352 e. The second kappa shape index (κ2) is 10.5. The van der Waals surface area contributed by atoms with Gasteiger partial charge >= 0.3 is 0 Å². The van der Waals surface area contributed by atoms with Gasteiger partial charge in [-0.05, 0) is 63.4 Å². The molecule has 3 rings (SSSR count). The monoisotopic (exact) mass is 471 g/mol. The van der Waals surface area contributed by atoms with Crippen LogP contribution in [0.25, 0.3) is 0 Å². The Bertz CT molecular complexity index is 1070. The SMILES string of the molecule is Cc1ccc(S(=O)(=O)N2CCC(C(=O)NCc3ccc(C(=O)N(C)C(C)C)cc3)CC2)cc1. The Morgan fingerprint density at radius 3 is 2.15 bits per heavy atom. The minimum Gasteiger partial charge on any atom is -0.352 e. The molecule has 0 radical (unpaired) electrons. The van der Waals surface area contributed by atoms with Gasteiger partial charge in [0.05, 0.1) is 4.90 Å². The van der Waals surface area contributed by atoms with E-state index in [1.807, 2.05) is 32.9 Å². The molecule has 8 heteroatoms. The van der Waals surface area contributed by atoms with Gasteiger partial charge in [-0.15, -0.1) is 0 Å². The van der Waals surface area contributed by atoms with Crippen LogP contribution < -0.4 is 5.32 Å². The van der Waals surface area contributed by atoms with Crippen molar-refractivity contribution in [1.82, 2.24) is 14.5 Å². The molecule has 0 bridgehead atoms. The normalized spacial score (nSPS) is 15.4. The van der Waals surface area contributed by atoms with Crippen molar-refractivity contribution >= 4 is 21.8 Å². The van der Waals surface area contributed by atoms with Gasteiger partial charge in [-0.3, -0.25) is 9.59 Å². The smallest absolute Gasteiger partial charge is 0.253 e. The van der Waals surface area contributed by atoms with Crippen LogP contribution in [0.1, 0.15) is 48.2 Å². The van der Waals surface area contributed by atoms with Crippen molar-refractivity contribution < 1.29 is 18.0 Å². The van der Waals surface area contributed by atoms with Crippen molar-refractivity contribution in [2.75, 3.05) is 20.1 Å². The number of benzene rings is 2. The second-order valence-electron chi connectivity index (χ2n) is 8.92. The summed E-state index contributed by atoms with van der Waals surface area (Å²) in [7, 11) is -1.76. The van der Waals surface area contributed by atoms with E-state index in [0.717, 1.165) is 11.1 Å². The predicted octanol–water partition coefficient (Wildman–Crippen LogP) is 3.19. The van der Waals surface area contributed by atoms with Gasteiger partial charge in [-0.25, -0.2) is 8.42 Å². The molecule has 0 saturated carbocycles. The molecular formula is C25H33N3O4S. The van der Waals surface area contributed by atoms with Crippen LogP contribution in [-0.2, 0) is 21.4 Å². The summed E-state index contributed by atoms with van der Waals surface area (Å²) in [6.07, 6.45) is 0.984. The topological polar surface area (TPSA) is 86.8 Å². The van der Waals surface area contributed by atoms with Crippen molar-refractivity contribution in [2.45, 2.75) is 51.1 Å². The molecule has 0 aromatic heterocycles. The Balaban J connectivity index is 1.50. The highest BCUT2D eigenvalue weighted by Crippen LogP contribution is 2.24. The molecule has 0 atom stereocenters. The quantitative estimate of drug-likeness (QED) is 0.672. The molecule has 0 unspecified atom stereocenters. The van der Waals surface area contributed by atoms with E-state index in [2.05, 4.69) is 5.32 Å². The highest BCUT2D eigenvalue weighted by molar-refractivity contribution is 7.89. The molecule has 1 fully saturated rings. The van der Waals surface area contributed by atoms with E-state index in [0.29, 0.717) is 38.0 Å². The Kier molecular flexibility index (Phi) is 7.92. The van der Waals surface area contributed by atoms with E-state index >= 15 is 0 Å². The van der Waals surface area contributed by atoms with E-state index < -0.39 is 10.0 Å². The number of hydrogen-bond donors (Lipinski definition) is 1. The molecule has 1 heterocycles. The first kappa shape index (κ1) is 24.9. The van der Waals surface area contributed by atoms with Gasteiger partial charge in [0.15, 0.2) is 0 Å². The van der Waals surface area contributed by atoms with Gasteiger partial charge in [0, 0.05) is 44.2 Å². The lowest BCUT2D eigenvalue weighted by molar-refractivity contribution is -0.126. The fourth-order valence-electron chi connectivity index (χ4n) is 3.75. The summed E-state index contributed by atoms with van der Waals surface area (Å²) in [5.74, 6) is -0.315. The number of rotatable bonds is 7. The lowest BCUT2D eigenvalue weighted by atomic mass is 9.97. The van der Waals surface area contributed by atoms with Crippen LogP contribution in [0.2, 0.25) is 0 Å². The number of carbonyl (C=O) groups is 2. The number of hydrogen-bond acceptors (Lipinski definition) is 4. The summed E-state index contributed by atoms with van der Waals surface area (Å²) < 4.78 is 27.1. The average molecular weight is 472 g/mol. The Hall–Kier alpha value is -2.71. The number of aryl methyl sites for hydroxylation is 1. The van der Waals surface area contributed by atoms with Gasteiger partial charge < -0.3 is 10.2 Å². The van der Waals surface area contributed by atoms with Crippen LogP contribution in [0.4, 0.5) is 0 Å². The van der Waals surface area contributed by atoms with Crippen LogP contribution in [-0.4, -0.2) is 55.6 Å². The summed E-state index contributed by atoms with van der Waals surface area (Å²) in [5, 5.41) is 2.95. The van der Waals surface area contributed by atoms with Gasteiger partial charge in [-0.2, -0.15) is 4.31 Å². The highest BCUT2D eigenvalue weighted by Gasteiger charge is 2.32. The van der Waals surface area contributed by atoms with Crippen molar-refractivity contribution in [3.63, 3.8) is 0 Å². The van der Waals surface area contributed by atoms with Crippen LogP contribution >= 0.6 is 0 Å². The molecule has 1 aliphatic heterocycles. The number of amides is 2. The lowest BCUT2D eigenvalue weighted by Gasteiger charge is -2.30. The summed E-state index contributed by atoms with van der Waals surface area (Å²) in [6.45, 7) is 6.87. The van der Waals surface area contributed by atoms with E-state index in [4.69, 9.17) is 0 Å². The lowest BCUT2D eigenvalue weighted by Crippen LogP contribution is -2.42. The molecule has 33 heavy (non-hydrogen) atoms.